The summed E-state index contributed by atoms with van der Waals surface area (Å²) in [6.45, 7) is 1.91. The molecule has 2 rings (SSSR count). The van der Waals surface area contributed by atoms with Gasteiger partial charge in [-0.2, -0.15) is 0 Å². The monoisotopic (exact) mass is 248 g/mol. The van der Waals surface area contributed by atoms with Gasteiger partial charge in [-0.3, -0.25) is 4.79 Å². The number of carbonyl (C=O) groups excluding carboxylic acids is 1. The van der Waals surface area contributed by atoms with Crippen molar-refractivity contribution >= 4 is 23.2 Å². The molecule has 0 aliphatic heterocycles. The van der Waals surface area contributed by atoms with E-state index in [0.29, 0.717) is 11.4 Å². The van der Waals surface area contributed by atoms with Crippen LogP contribution in [0.15, 0.2) is 36.5 Å². The maximum Gasteiger partial charge on any atom is 0.230 e. The summed E-state index contributed by atoms with van der Waals surface area (Å²) in [6.07, 6.45) is 2.14. The minimum absolute atomic E-state index is 0.0436. The van der Waals surface area contributed by atoms with Crippen LogP contribution in [0.25, 0.3) is 0 Å². The fourth-order valence-electron chi connectivity index (χ4n) is 1.61. The van der Waals surface area contributed by atoms with E-state index in [9.17, 15) is 4.79 Å². The molecule has 4 heteroatoms. The van der Waals surface area contributed by atoms with Gasteiger partial charge in [0.15, 0.2) is 0 Å². The summed E-state index contributed by atoms with van der Waals surface area (Å²) in [5, 5.41) is 3.53. The summed E-state index contributed by atoms with van der Waals surface area (Å²) in [6, 6.07) is 9.15. The zero-order valence-electron chi connectivity index (χ0n) is 9.46. The van der Waals surface area contributed by atoms with Gasteiger partial charge in [-0.05, 0) is 42.8 Å². The van der Waals surface area contributed by atoms with Gasteiger partial charge in [-0.25, -0.2) is 0 Å². The third-order valence-electron chi connectivity index (χ3n) is 2.48. The van der Waals surface area contributed by atoms with Gasteiger partial charge in [0.2, 0.25) is 5.91 Å². The number of carbonyl (C=O) groups is 1. The number of aromatic nitrogens is 1. The maximum absolute atomic E-state index is 11.8. The van der Waals surface area contributed by atoms with E-state index in [1.165, 1.54) is 0 Å². The van der Waals surface area contributed by atoms with E-state index in [-0.39, 0.29) is 5.91 Å². The summed E-state index contributed by atoms with van der Waals surface area (Å²) < 4.78 is 0. The van der Waals surface area contributed by atoms with Crippen molar-refractivity contribution in [3.63, 3.8) is 0 Å². The average Bonchev–Trinajstić information content (AvgIpc) is 2.75. The molecule has 0 radical (unpaired) electrons. The highest BCUT2D eigenvalue weighted by Gasteiger charge is 2.06. The highest BCUT2D eigenvalue weighted by atomic mass is 35.5. The lowest BCUT2D eigenvalue weighted by atomic mass is 10.2. The van der Waals surface area contributed by atoms with Gasteiger partial charge < -0.3 is 10.3 Å². The molecule has 1 heterocycles. The SMILES string of the molecule is Cc1cc(Cl)ccc1NC(=O)Cc1ccc[nH]1. The third kappa shape index (κ3) is 3.11. The van der Waals surface area contributed by atoms with E-state index in [1.54, 1.807) is 12.3 Å². The van der Waals surface area contributed by atoms with Crippen molar-refractivity contribution in [3.8, 4) is 0 Å². The Bertz CT molecular complexity index is 520. The normalized spacial score (nSPS) is 10.2. The van der Waals surface area contributed by atoms with E-state index >= 15 is 0 Å². The van der Waals surface area contributed by atoms with Crippen LogP contribution in [0.2, 0.25) is 5.02 Å². The molecule has 0 spiro atoms. The van der Waals surface area contributed by atoms with Crippen molar-refractivity contribution in [2.24, 2.45) is 0 Å². The summed E-state index contributed by atoms with van der Waals surface area (Å²) >= 11 is 5.85. The first kappa shape index (κ1) is 11.7. The van der Waals surface area contributed by atoms with Gasteiger partial charge in [0, 0.05) is 22.6 Å². The largest absolute Gasteiger partial charge is 0.365 e. The number of amides is 1. The van der Waals surface area contributed by atoms with Crippen LogP contribution in [0.5, 0.6) is 0 Å². The van der Waals surface area contributed by atoms with Gasteiger partial charge >= 0.3 is 0 Å². The molecule has 2 aromatic rings. The number of rotatable bonds is 3. The molecular formula is C13H13ClN2O. The molecule has 0 aliphatic rings. The molecule has 0 saturated carbocycles. The Kier molecular flexibility index (Phi) is 3.49. The molecule has 1 amide bonds. The van der Waals surface area contributed by atoms with Crippen LogP contribution < -0.4 is 5.32 Å². The number of aromatic amines is 1. The third-order valence-corrected chi connectivity index (χ3v) is 2.71. The molecule has 88 valence electrons. The lowest BCUT2D eigenvalue weighted by molar-refractivity contribution is -0.115. The lowest BCUT2D eigenvalue weighted by Gasteiger charge is -2.08. The van der Waals surface area contributed by atoms with Gasteiger partial charge in [0.25, 0.3) is 0 Å². The van der Waals surface area contributed by atoms with Gasteiger partial charge in [-0.1, -0.05) is 11.6 Å². The topological polar surface area (TPSA) is 44.9 Å². The predicted octanol–water partition coefficient (Wildman–Crippen LogP) is 3.16. The zero-order valence-corrected chi connectivity index (χ0v) is 10.2. The second kappa shape index (κ2) is 5.06. The van der Waals surface area contributed by atoms with Crippen LogP contribution in [0.3, 0.4) is 0 Å². The van der Waals surface area contributed by atoms with Crippen LogP contribution in [-0.2, 0) is 11.2 Å². The summed E-state index contributed by atoms with van der Waals surface area (Å²) in [5.41, 5.74) is 2.65. The second-order valence-electron chi connectivity index (χ2n) is 3.88. The predicted molar refractivity (Wildman–Crippen MR) is 69.3 cm³/mol. The number of halogens is 1. The van der Waals surface area contributed by atoms with Gasteiger partial charge in [-0.15, -0.1) is 0 Å². The first-order valence-corrected chi connectivity index (χ1v) is 5.71. The Morgan fingerprint density at radius 1 is 1.41 bits per heavy atom. The van der Waals surface area contributed by atoms with Crippen molar-refractivity contribution < 1.29 is 4.79 Å². The fraction of sp³-hybridized carbons (Fsp3) is 0.154. The molecule has 3 nitrogen and oxygen atoms in total. The van der Waals surface area contributed by atoms with Crippen molar-refractivity contribution in [1.29, 1.82) is 0 Å². The molecule has 0 atom stereocenters. The number of hydrogen-bond donors (Lipinski definition) is 2. The number of benzene rings is 1. The van der Waals surface area contributed by atoms with E-state index in [2.05, 4.69) is 10.3 Å². The summed E-state index contributed by atoms with van der Waals surface area (Å²) in [5.74, 6) is -0.0436. The highest BCUT2D eigenvalue weighted by molar-refractivity contribution is 6.30. The van der Waals surface area contributed by atoms with Crippen LogP contribution in [-0.4, -0.2) is 10.9 Å². The smallest absolute Gasteiger partial charge is 0.230 e. The van der Waals surface area contributed by atoms with E-state index < -0.39 is 0 Å². The van der Waals surface area contributed by atoms with Crippen molar-refractivity contribution in [2.45, 2.75) is 13.3 Å². The van der Waals surface area contributed by atoms with Gasteiger partial charge in [0.1, 0.15) is 0 Å². The number of nitrogens with one attached hydrogen (secondary N) is 2. The molecule has 1 aromatic heterocycles. The van der Waals surface area contributed by atoms with Crippen molar-refractivity contribution in [1.82, 2.24) is 4.98 Å². The molecule has 0 unspecified atom stereocenters. The minimum Gasteiger partial charge on any atom is -0.365 e. The molecule has 2 N–H and O–H groups in total. The second-order valence-corrected chi connectivity index (χ2v) is 4.32. The molecule has 0 bridgehead atoms. The Morgan fingerprint density at radius 2 is 2.24 bits per heavy atom. The number of anilines is 1. The maximum atomic E-state index is 11.8. The van der Waals surface area contributed by atoms with Crippen LogP contribution in [0.1, 0.15) is 11.3 Å². The first-order valence-electron chi connectivity index (χ1n) is 5.33. The Labute approximate surface area is 105 Å². The number of H-pyrrole nitrogens is 1. The molecule has 17 heavy (non-hydrogen) atoms. The molecule has 0 aliphatic carbocycles. The number of hydrogen-bond acceptors (Lipinski definition) is 1. The van der Waals surface area contributed by atoms with Crippen molar-refractivity contribution in [3.05, 3.63) is 52.8 Å². The Balaban J connectivity index is 2.03. The van der Waals surface area contributed by atoms with E-state index in [1.807, 2.05) is 31.2 Å². The van der Waals surface area contributed by atoms with Crippen molar-refractivity contribution in [2.75, 3.05) is 5.32 Å². The Hall–Kier alpha value is -1.74. The molecule has 0 saturated heterocycles. The molecular weight excluding hydrogens is 236 g/mol. The zero-order chi connectivity index (χ0) is 12.3. The Morgan fingerprint density at radius 3 is 2.88 bits per heavy atom. The first-order chi connectivity index (χ1) is 8.15. The van der Waals surface area contributed by atoms with Crippen LogP contribution in [0.4, 0.5) is 5.69 Å². The van der Waals surface area contributed by atoms with Gasteiger partial charge in [0.05, 0.1) is 6.42 Å². The molecule has 0 fully saturated rings. The summed E-state index contributed by atoms with van der Waals surface area (Å²) in [4.78, 5) is 14.7. The van der Waals surface area contributed by atoms with Crippen LogP contribution >= 0.6 is 11.6 Å². The highest BCUT2D eigenvalue weighted by Crippen LogP contribution is 2.19. The average molecular weight is 249 g/mol. The quantitative estimate of drug-likeness (QED) is 0.861. The minimum atomic E-state index is -0.0436. The van der Waals surface area contributed by atoms with E-state index in [4.69, 9.17) is 11.6 Å². The van der Waals surface area contributed by atoms with Crippen LogP contribution in [0, 0.1) is 6.92 Å². The molecule has 1 aromatic carbocycles. The number of aryl methyl sites for hydroxylation is 1. The standard InChI is InChI=1S/C13H13ClN2O/c1-9-7-10(14)4-5-12(9)16-13(17)8-11-3-2-6-15-11/h2-7,15H,8H2,1H3,(H,16,17). The lowest BCUT2D eigenvalue weighted by Crippen LogP contribution is -2.15. The summed E-state index contributed by atoms with van der Waals surface area (Å²) in [7, 11) is 0. The fourth-order valence-corrected chi connectivity index (χ4v) is 1.84. The van der Waals surface area contributed by atoms with E-state index in [0.717, 1.165) is 16.9 Å².